The van der Waals surface area contributed by atoms with Crippen molar-refractivity contribution in [1.82, 2.24) is 0 Å². The van der Waals surface area contributed by atoms with Crippen molar-refractivity contribution in [2.75, 3.05) is 5.75 Å². The first kappa shape index (κ1) is 12.3. The highest BCUT2D eigenvalue weighted by molar-refractivity contribution is 7.81. The number of rotatable bonds is 2. The maximum Gasteiger partial charge on any atom is 0.179 e. The first-order chi connectivity index (χ1) is 6.81. The van der Waals surface area contributed by atoms with Gasteiger partial charge in [0.05, 0.1) is 11.3 Å². The van der Waals surface area contributed by atoms with Crippen molar-refractivity contribution >= 4 is 24.2 Å². The van der Waals surface area contributed by atoms with Gasteiger partial charge in [-0.05, 0) is 6.42 Å². The van der Waals surface area contributed by atoms with Crippen molar-refractivity contribution in [1.29, 1.82) is 0 Å². The minimum Gasteiger partial charge on any atom is -0.511 e. The molecule has 1 aliphatic carbocycles. The second-order valence-corrected chi connectivity index (χ2v) is 4.98. The molecule has 0 aromatic carbocycles. The van der Waals surface area contributed by atoms with Crippen molar-refractivity contribution in [2.45, 2.75) is 27.2 Å². The SMILES string of the molecule is CC1CC(C)(C)C(=O)C(C(=O)CS)=C1O. The number of ketones is 2. The Kier molecular flexibility index (Phi) is 3.28. The Hall–Kier alpha value is -0.770. The monoisotopic (exact) mass is 228 g/mol. The molecule has 0 saturated carbocycles. The van der Waals surface area contributed by atoms with Crippen LogP contribution in [-0.4, -0.2) is 22.4 Å². The highest BCUT2D eigenvalue weighted by Gasteiger charge is 2.41. The predicted octanol–water partition coefficient (Wildman–Crippen LogP) is 1.93. The van der Waals surface area contributed by atoms with Crippen molar-refractivity contribution in [2.24, 2.45) is 11.3 Å². The Morgan fingerprint density at radius 2 is 2.13 bits per heavy atom. The average Bonchev–Trinajstić information content (AvgIpc) is 2.14. The molecule has 0 bridgehead atoms. The number of hydrogen-bond acceptors (Lipinski definition) is 4. The van der Waals surface area contributed by atoms with E-state index in [1.54, 1.807) is 13.8 Å². The second kappa shape index (κ2) is 4.00. The van der Waals surface area contributed by atoms with Gasteiger partial charge in [0.15, 0.2) is 11.6 Å². The highest BCUT2D eigenvalue weighted by Crippen LogP contribution is 2.38. The van der Waals surface area contributed by atoms with Crippen LogP contribution in [0.4, 0.5) is 0 Å². The van der Waals surface area contributed by atoms with Crippen molar-refractivity contribution < 1.29 is 14.7 Å². The van der Waals surface area contributed by atoms with Gasteiger partial charge in [0, 0.05) is 11.3 Å². The Bertz CT molecular complexity index is 342. The van der Waals surface area contributed by atoms with Crippen LogP contribution in [0.1, 0.15) is 27.2 Å². The summed E-state index contributed by atoms with van der Waals surface area (Å²) in [5.41, 5.74) is -0.617. The van der Waals surface area contributed by atoms with E-state index in [2.05, 4.69) is 12.6 Å². The molecule has 0 amide bonds. The molecule has 0 aliphatic heterocycles. The van der Waals surface area contributed by atoms with Gasteiger partial charge in [-0.1, -0.05) is 20.8 Å². The Balaban J connectivity index is 3.24. The van der Waals surface area contributed by atoms with Gasteiger partial charge < -0.3 is 5.11 Å². The number of thiol groups is 1. The second-order valence-electron chi connectivity index (χ2n) is 4.66. The summed E-state index contributed by atoms with van der Waals surface area (Å²) in [5, 5.41) is 9.75. The van der Waals surface area contributed by atoms with E-state index in [4.69, 9.17) is 0 Å². The van der Waals surface area contributed by atoms with Gasteiger partial charge >= 0.3 is 0 Å². The largest absolute Gasteiger partial charge is 0.511 e. The van der Waals surface area contributed by atoms with Crippen molar-refractivity contribution in [3.63, 3.8) is 0 Å². The number of hydrogen-bond donors (Lipinski definition) is 2. The molecule has 1 N–H and O–H groups in total. The van der Waals surface area contributed by atoms with Gasteiger partial charge in [-0.2, -0.15) is 12.6 Å². The van der Waals surface area contributed by atoms with Crippen LogP contribution in [0.25, 0.3) is 0 Å². The molecule has 1 atom stereocenters. The van der Waals surface area contributed by atoms with E-state index in [0.717, 1.165) is 0 Å². The van der Waals surface area contributed by atoms with Crippen LogP contribution in [0, 0.1) is 11.3 Å². The molecule has 1 aliphatic rings. The molecule has 15 heavy (non-hydrogen) atoms. The quantitative estimate of drug-likeness (QED) is 0.561. The van der Waals surface area contributed by atoms with Gasteiger partial charge in [-0.25, -0.2) is 0 Å². The van der Waals surface area contributed by atoms with Gasteiger partial charge in [-0.3, -0.25) is 9.59 Å². The highest BCUT2D eigenvalue weighted by atomic mass is 32.1. The topological polar surface area (TPSA) is 54.4 Å². The zero-order valence-corrected chi connectivity index (χ0v) is 10.1. The van der Waals surface area contributed by atoms with E-state index >= 15 is 0 Å². The van der Waals surface area contributed by atoms with Crippen LogP contribution in [0.5, 0.6) is 0 Å². The summed E-state index contributed by atoms with van der Waals surface area (Å²) in [7, 11) is 0. The maximum atomic E-state index is 11.9. The molecular weight excluding hydrogens is 212 g/mol. The third kappa shape index (κ3) is 2.09. The smallest absolute Gasteiger partial charge is 0.179 e. The lowest BCUT2D eigenvalue weighted by Crippen LogP contribution is -2.37. The molecule has 4 heteroatoms. The number of carbonyl (C=O) groups is 2. The van der Waals surface area contributed by atoms with Crippen molar-refractivity contribution in [3.05, 3.63) is 11.3 Å². The lowest BCUT2D eigenvalue weighted by atomic mass is 9.70. The van der Waals surface area contributed by atoms with E-state index in [1.165, 1.54) is 0 Å². The van der Waals surface area contributed by atoms with Crippen LogP contribution < -0.4 is 0 Å². The first-order valence-electron chi connectivity index (χ1n) is 4.93. The van der Waals surface area contributed by atoms with Crippen LogP contribution in [0.3, 0.4) is 0 Å². The first-order valence-corrected chi connectivity index (χ1v) is 5.56. The fourth-order valence-corrected chi connectivity index (χ4v) is 2.16. The molecular formula is C11H16O3S. The lowest BCUT2D eigenvalue weighted by molar-refractivity contribution is -0.128. The summed E-state index contributed by atoms with van der Waals surface area (Å²) in [4.78, 5) is 23.4. The molecule has 1 rings (SSSR count). The average molecular weight is 228 g/mol. The molecule has 1 unspecified atom stereocenters. The lowest BCUT2D eigenvalue weighted by Gasteiger charge is -2.32. The molecule has 0 heterocycles. The number of carbonyl (C=O) groups excluding carboxylic acids is 2. The zero-order valence-electron chi connectivity index (χ0n) is 9.20. The van der Waals surface area contributed by atoms with Gasteiger partial charge in [0.1, 0.15) is 5.76 Å². The Labute approximate surface area is 95.0 Å². The van der Waals surface area contributed by atoms with Crippen LogP contribution >= 0.6 is 12.6 Å². The summed E-state index contributed by atoms with van der Waals surface area (Å²) in [6, 6.07) is 0. The molecule has 0 saturated heterocycles. The molecule has 0 aromatic rings. The normalized spacial score (nSPS) is 25.6. The molecule has 3 nitrogen and oxygen atoms in total. The summed E-state index contributed by atoms with van der Waals surface area (Å²) >= 11 is 3.85. The van der Waals surface area contributed by atoms with E-state index in [1.807, 2.05) is 6.92 Å². The van der Waals surface area contributed by atoms with Crippen LogP contribution in [0.15, 0.2) is 11.3 Å². The molecule has 0 fully saturated rings. The third-order valence-electron chi connectivity index (χ3n) is 2.80. The van der Waals surface area contributed by atoms with Crippen LogP contribution in [-0.2, 0) is 9.59 Å². The minimum atomic E-state index is -0.570. The van der Waals surface area contributed by atoms with E-state index in [0.29, 0.717) is 6.42 Å². The van der Waals surface area contributed by atoms with Gasteiger partial charge in [0.2, 0.25) is 0 Å². The number of aliphatic hydroxyl groups is 1. The Morgan fingerprint density at radius 1 is 1.60 bits per heavy atom. The fraction of sp³-hybridized carbons (Fsp3) is 0.636. The number of aliphatic hydroxyl groups excluding tert-OH is 1. The molecule has 0 radical (unpaired) electrons. The molecule has 84 valence electrons. The number of allylic oxidation sites excluding steroid dienone is 2. The summed E-state index contributed by atoms with van der Waals surface area (Å²) in [6.45, 7) is 5.41. The van der Waals surface area contributed by atoms with Crippen LogP contribution in [0.2, 0.25) is 0 Å². The maximum absolute atomic E-state index is 11.9. The minimum absolute atomic E-state index is 0.0475. The van der Waals surface area contributed by atoms with E-state index in [-0.39, 0.29) is 34.6 Å². The molecule has 0 spiro atoms. The van der Waals surface area contributed by atoms with E-state index < -0.39 is 5.41 Å². The summed E-state index contributed by atoms with van der Waals surface area (Å²) in [5.74, 6) is -0.916. The van der Waals surface area contributed by atoms with Crippen molar-refractivity contribution in [3.8, 4) is 0 Å². The predicted molar refractivity (Wildman–Crippen MR) is 61.1 cm³/mol. The standard InChI is InChI=1S/C11H16O3S/c1-6-4-11(2,3)10(14)8(9(6)13)7(12)5-15/h6,13,15H,4-5H2,1-3H3. The zero-order chi connectivity index (χ0) is 11.8. The van der Waals surface area contributed by atoms with Gasteiger partial charge in [0.25, 0.3) is 0 Å². The summed E-state index contributed by atoms with van der Waals surface area (Å²) in [6.07, 6.45) is 0.570. The molecule has 0 aromatic heterocycles. The Morgan fingerprint density at radius 3 is 2.60 bits per heavy atom. The summed E-state index contributed by atoms with van der Waals surface area (Å²) < 4.78 is 0. The van der Waals surface area contributed by atoms with E-state index in [9.17, 15) is 14.7 Å². The fourth-order valence-electron chi connectivity index (χ4n) is 2.00. The third-order valence-corrected chi connectivity index (χ3v) is 3.09. The van der Waals surface area contributed by atoms with Gasteiger partial charge in [-0.15, -0.1) is 0 Å². The number of Topliss-reactive ketones (excluding diaryl/α,β-unsaturated/α-hetero) is 2.